The van der Waals surface area contributed by atoms with Crippen LogP contribution in [0.25, 0.3) is 0 Å². The molecule has 1 rings (SSSR count). The first-order chi connectivity index (χ1) is 7.20. The second-order valence-corrected chi connectivity index (χ2v) is 3.85. The Balaban J connectivity index is 2.42. The smallest absolute Gasteiger partial charge is 0.111 e. The van der Waals surface area contributed by atoms with Gasteiger partial charge in [0, 0.05) is 13.7 Å². The molecule has 0 aromatic heterocycles. The Labute approximate surface area is 90.7 Å². The van der Waals surface area contributed by atoms with Gasteiger partial charge in [0.05, 0.1) is 25.9 Å². The molecule has 0 aliphatic carbocycles. The van der Waals surface area contributed by atoms with E-state index < -0.39 is 12.2 Å². The molecule has 0 spiro atoms. The van der Waals surface area contributed by atoms with Crippen molar-refractivity contribution < 1.29 is 24.4 Å². The Morgan fingerprint density at radius 3 is 2.80 bits per heavy atom. The molecule has 0 unspecified atom stereocenters. The van der Waals surface area contributed by atoms with Crippen molar-refractivity contribution in [3.05, 3.63) is 0 Å². The van der Waals surface area contributed by atoms with E-state index in [-0.39, 0.29) is 18.5 Å². The summed E-state index contributed by atoms with van der Waals surface area (Å²) in [6.45, 7) is 1.26. The summed E-state index contributed by atoms with van der Waals surface area (Å²) in [7, 11) is 3.55. The lowest BCUT2D eigenvalue weighted by molar-refractivity contribution is -0.166. The van der Waals surface area contributed by atoms with Gasteiger partial charge in [0.1, 0.15) is 20.1 Å². The van der Waals surface area contributed by atoms with Crippen molar-refractivity contribution in [1.29, 1.82) is 0 Å². The molecule has 0 bridgehead atoms. The lowest BCUT2D eigenvalue weighted by atomic mass is 9.78. The van der Waals surface area contributed by atoms with Crippen molar-refractivity contribution in [2.75, 3.05) is 33.5 Å². The van der Waals surface area contributed by atoms with Crippen molar-refractivity contribution in [3.8, 4) is 0 Å². The maximum atomic E-state index is 9.85. The highest BCUT2D eigenvalue weighted by molar-refractivity contribution is 6.12. The first kappa shape index (κ1) is 12.9. The van der Waals surface area contributed by atoms with Crippen LogP contribution in [-0.2, 0) is 14.2 Å². The second kappa shape index (κ2) is 6.45. The van der Waals surface area contributed by atoms with E-state index in [1.165, 1.54) is 0 Å². The van der Waals surface area contributed by atoms with Gasteiger partial charge < -0.3 is 24.4 Å². The minimum absolute atomic E-state index is 0.125. The predicted molar refractivity (Wildman–Crippen MR) is 56.7 cm³/mol. The number of hydrogen-bond donors (Lipinski definition) is 2. The summed E-state index contributed by atoms with van der Waals surface area (Å²) in [5, 5.41) is 18.8. The fourth-order valence-electron chi connectivity index (χ4n) is 1.71. The van der Waals surface area contributed by atoms with Crippen molar-refractivity contribution >= 4 is 7.85 Å². The first-order valence-electron chi connectivity index (χ1n) is 5.21. The van der Waals surface area contributed by atoms with E-state index in [4.69, 9.17) is 19.3 Å². The summed E-state index contributed by atoms with van der Waals surface area (Å²) in [5.74, 6) is 0.125. The molecule has 4 atom stereocenters. The van der Waals surface area contributed by atoms with Crippen LogP contribution < -0.4 is 0 Å². The topological polar surface area (TPSA) is 68.2 Å². The molecule has 0 amide bonds. The lowest BCUT2D eigenvalue weighted by Gasteiger charge is -2.38. The minimum atomic E-state index is -0.768. The van der Waals surface area contributed by atoms with Crippen molar-refractivity contribution in [3.63, 3.8) is 0 Å². The number of aliphatic hydroxyl groups excluding tert-OH is 2. The molecule has 1 fully saturated rings. The Kier molecular flexibility index (Phi) is 5.56. The summed E-state index contributed by atoms with van der Waals surface area (Å²) in [4.78, 5) is 0. The molecule has 6 heteroatoms. The van der Waals surface area contributed by atoms with Gasteiger partial charge in [-0.3, -0.25) is 0 Å². The number of aliphatic hydroxyl groups is 2. The van der Waals surface area contributed by atoms with Gasteiger partial charge in [-0.25, -0.2) is 0 Å². The van der Waals surface area contributed by atoms with Crippen LogP contribution in [0, 0.1) is 0 Å². The molecule has 2 N–H and O–H groups in total. The van der Waals surface area contributed by atoms with Crippen LogP contribution in [0.4, 0.5) is 0 Å². The molecule has 88 valence electrons. The number of ether oxygens (including phenoxy) is 3. The molecule has 1 heterocycles. The van der Waals surface area contributed by atoms with Crippen molar-refractivity contribution in [2.45, 2.75) is 24.1 Å². The molecular formula is C9H19BO5. The summed E-state index contributed by atoms with van der Waals surface area (Å²) in [5.41, 5.74) is 0. The summed E-state index contributed by atoms with van der Waals surface area (Å²) in [6.07, 6.45) is -1.59. The Morgan fingerprint density at radius 1 is 1.47 bits per heavy atom. The highest BCUT2D eigenvalue weighted by atomic mass is 16.6. The van der Waals surface area contributed by atoms with Gasteiger partial charge in [0.2, 0.25) is 0 Å². The first-order valence-corrected chi connectivity index (χ1v) is 5.21. The molecule has 0 aromatic carbocycles. The normalized spacial score (nSPS) is 36.7. The third-order valence-corrected chi connectivity index (χ3v) is 2.63. The minimum Gasteiger partial charge on any atom is -0.394 e. The van der Waals surface area contributed by atoms with Gasteiger partial charge in [-0.2, -0.15) is 0 Å². The molecule has 0 saturated carbocycles. The number of methoxy groups -OCH3 is 1. The second-order valence-electron chi connectivity index (χ2n) is 3.85. The van der Waals surface area contributed by atoms with Crippen LogP contribution in [0.15, 0.2) is 0 Å². The standard InChI is InChI=1S/C9H19BO5/c1-13-2-3-14-9-6(10)5-15-7(4-11)8(9)12/h6-9,11-12H,2-5,10H2,1H3/t6-,7-,8-,9+/m1/s1. The highest BCUT2D eigenvalue weighted by Crippen LogP contribution is 2.24. The van der Waals surface area contributed by atoms with Crippen LogP contribution in [0.5, 0.6) is 0 Å². The maximum Gasteiger partial charge on any atom is 0.111 e. The van der Waals surface area contributed by atoms with E-state index in [0.717, 1.165) is 0 Å². The van der Waals surface area contributed by atoms with Crippen LogP contribution in [-0.4, -0.2) is 69.9 Å². The van der Waals surface area contributed by atoms with Gasteiger partial charge in [-0.05, 0) is 5.82 Å². The van der Waals surface area contributed by atoms with E-state index in [9.17, 15) is 5.11 Å². The molecule has 5 nitrogen and oxygen atoms in total. The van der Waals surface area contributed by atoms with Gasteiger partial charge >= 0.3 is 0 Å². The van der Waals surface area contributed by atoms with Crippen LogP contribution >= 0.6 is 0 Å². The molecule has 0 radical (unpaired) electrons. The van der Waals surface area contributed by atoms with Crippen LogP contribution in [0.3, 0.4) is 0 Å². The van der Waals surface area contributed by atoms with Gasteiger partial charge in [0.25, 0.3) is 0 Å². The van der Waals surface area contributed by atoms with Gasteiger partial charge in [-0.15, -0.1) is 0 Å². The van der Waals surface area contributed by atoms with E-state index in [2.05, 4.69) is 0 Å². The Morgan fingerprint density at radius 2 is 2.20 bits per heavy atom. The highest BCUT2D eigenvalue weighted by Gasteiger charge is 2.37. The fraction of sp³-hybridized carbons (Fsp3) is 1.00. The van der Waals surface area contributed by atoms with Crippen molar-refractivity contribution in [2.24, 2.45) is 0 Å². The molecule has 1 aliphatic heterocycles. The largest absolute Gasteiger partial charge is 0.394 e. The lowest BCUT2D eigenvalue weighted by Crippen LogP contribution is -2.50. The zero-order valence-corrected chi connectivity index (χ0v) is 9.26. The summed E-state index contributed by atoms with van der Waals surface area (Å²) >= 11 is 0. The number of hydrogen-bond acceptors (Lipinski definition) is 5. The van der Waals surface area contributed by atoms with Crippen LogP contribution in [0.2, 0.25) is 5.82 Å². The van der Waals surface area contributed by atoms with Crippen LogP contribution in [0.1, 0.15) is 0 Å². The van der Waals surface area contributed by atoms with Gasteiger partial charge in [0.15, 0.2) is 0 Å². The third-order valence-electron chi connectivity index (χ3n) is 2.63. The SMILES string of the molecule is B[C@@H]1CO[C@H](CO)[C@@H](O)[C@H]1OCCOC. The van der Waals surface area contributed by atoms with E-state index >= 15 is 0 Å². The fourth-order valence-corrected chi connectivity index (χ4v) is 1.71. The molecule has 1 saturated heterocycles. The molecular weight excluding hydrogens is 199 g/mol. The zero-order chi connectivity index (χ0) is 11.3. The summed E-state index contributed by atoms with van der Waals surface area (Å²) < 4.78 is 15.7. The average Bonchev–Trinajstić information content (AvgIpc) is 2.23. The van der Waals surface area contributed by atoms with Gasteiger partial charge in [-0.1, -0.05) is 0 Å². The van der Waals surface area contributed by atoms with E-state index in [0.29, 0.717) is 19.8 Å². The predicted octanol–water partition coefficient (Wildman–Crippen LogP) is -1.81. The number of rotatable bonds is 5. The quantitative estimate of drug-likeness (QED) is 0.420. The van der Waals surface area contributed by atoms with Crippen molar-refractivity contribution in [1.82, 2.24) is 0 Å². The summed E-state index contributed by atoms with van der Waals surface area (Å²) in [6, 6.07) is 0. The third kappa shape index (κ3) is 3.43. The zero-order valence-electron chi connectivity index (χ0n) is 9.26. The Hall–Kier alpha value is -0.135. The Bertz CT molecular complexity index is 180. The van der Waals surface area contributed by atoms with E-state index in [1.54, 1.807) is 7.11 Å². The molecule has 15 heavy (non-hydrogen) atoms. The molecule has 1 aliphatic rings. The molecule has 0 aromatic rings. The monoisotopic (exact) mass is 218 g/mol. The maximum absolute atomic E-state index is 9.85. The van der Waals surface area contributed by atoms with E-state index in [1.807, 2.05) is 7.85 Å². The average molecular weight is 218 g/mol.